The number of thiophene rings is 1. The van der Waals surface area contributed by atoms with Crippen molar-refractivity contribution in [2.75, 3.05) is 0 Å². The molecule has 0 aromatic carbocycles. The zero-order valence-corrected chi connectivity index (χ0v) is 10.9. The van der Waals surface area contributed by atoms with Crippen LogP contribution >= 0.6 is 11.3 Å². The fraction of sp³-hybridized carbons (Fsp3) is 0.571. The Morgan fingerprint density at radius 3 is 2.80 bits per heavy atom. The molecule has 0 fully saturated rings. The molecule has 0 unspecified atom stereocenters. The van der Waals surface area contributed by atoms with Crippen LogP contribution in [-0.2, 0) is 6.42 Å². The maximum atomic E-state index is 2.37. The molecule has 0 bridgehead atoms. The van der Waals surface area contributed by atoms with Gasteiger partial charge in [0.05, 0.1) is 0 Å². The first-order chi connectivity index (χ1) is 7.18. The molecule has 0 saturated carbocycles. The van der Waals surface area contributed by atoms with E-state index in [0.29, 0.717) is 0 Å². The Morgan fingerprint density at radius 1 is 1.40 bits per heavy atom. The topological polar surface area (TPSA) is 0 Å². The molecule has 0 amide bonds. The van der Waals surface area contributed by atoms with E-state index in [1.165, 1.54) is 36.1 Å². The Balaban J connectivity index is 2.14. The van der Waals surface area contributed by atoms with Crippen LogP contribution in [-0.4, -0.2) is 0 Å². The minimum absolute atomic E-state index is 0.850. The van der Waals surface area contributed by atoms with Gasteiger partial charge in [-0.1, -0.05) is 24.6 Å². The first-order valence-corrected chi connectivity index (χ1v) is 6.72. The summed E-state index contributed by atoms with van der Waals surface area (Å²) >= 11 is 1.88. The fourth-order valence-electron chi connectivity index (χ4n) is 1.64. The van der Waals surface area contributed by atoms with Gasteiger partial charge in [0.25, 0.3) is 0 Å². The highest BCUT2D eigenvalue weighted by molar-refractivity contribution is 7.09. The molecule has 0 saturated heterocycles. The first kappa shape index (κ1) is 12.5. The predicted molar refractivity (Wildman–Crippen MR) is 70.5 cm³/mol. The maximum Gasteiger partial charge on any atom is 0.00453 e. The molecule has 84 valence electrons. The smallest absolute Gasteiger partial charge is 0.00453 e. The molecule has 1 aromatic heterocycles. The highest BCUT2D eigenvalue weighted by Crippen LogP contribution is 2.17. The molecule has 0 spiro atoms. The van der Waals surface area contributed by atoms with Gasteiger partial charge in [-0.05, 0) is 56.9 Å². The third kappa shape index (κ3) is 5.78. The van der Waals surface area contributed by atoms with Crippen molar-refractivity contribution in [1.29, 1.82) is 0 Å². The molecule has 1 rings (SSSR count). The molecule has 15 heavy (non-hydrogen) atoms. The SMILES string of the molecule is CC(C)=CCC[C@@H](C)CCc1cccs1. The molecule has 0 aliphatic heterocycles. The number of allylic oxidation sites excluding steroid dienone is 2. The zero-order chi connectivity index (χ0) is 11.1. The van der Waals surface area contributed by atoms with Gasteiger partial charge >= 0.3 is 0 Å². The molecular formula is C14H22S. The second-order valence-electron chi connectivity index (χ2n) is 4.58. The van der Waals surface area contributed by atoms with E-state index in [2.05, 4.69) is 44.4 Å². The summed E-state index contributed by atoms with van der Waals surface area (Å²) in [5, 5.41) is 2.17. The van der Waals surface area contributed by atoms with Crippen molar-refractivity contribution in [2.45, 2.75) is 46.5 Å². The summed E-state index contributed by atoms with van der Waals surface area (Å²) in [6.45, 7) is 6.72. The van der Waals surface area contributed by atoms with Gasteiger partial charge in [0.2, 0.25) is 0 Å². The fourth-order valence-corrected chi connectivity index (χ4v) is 2.37. The van der Waals surface area contributed by atoms with E-state index in [4.69, 9.17) is 0 Å². The minimum Gasteiger partial charge on any atom is -0.149 e. The summed E-state index contributed by atoms with van der Waals surface area (Å²) in [5.41, 5.74) is 1.44. The van der Waals surface area contributed by atoms with E-state index in [0.717, 1.165) is 5.92 Å². The lowest BCUT2D eigenvalue weighted by molar-refractivity contribution is 0.498. The third-order valence-corrected chi connectivity index (χ3v) is 3.61. The summed E-state index contributed by atoms with van der Waals surface area (Å²) in [6.07, 6.45) is 7.51. The van der Waals surface area contributed by atoms with Gasteiger partial charge in [-0.3, -0.25) is 0 Å². The van der Waals surface area contributed by atoms with E-state index in [9.17, 15) is 0 Å². The lowest BCUT2D eigenvalue weighted by Crippen LogP contribution is -1.95. The van der Waals surface area contributed by atoms with Gasteiger partial charge in [-0.15, -0.1) is 11.3 Å². The Kier molecular flexibility index (Phi) is 5.70. The van der Waals surface area contributed by atoms with Gasteiger partial charge in [0.15, 0.2) is 0 Å². The standard InChI is InChI=1S/C14H22S/c1-12(2)6-4-7-13(3)9-10-14-8-5-11-15-14/h5-6,8,11,13H,4,7,9-10H2,1-3H3/t13-/m1/s1. The first-order valence-electron chi connectivity index (χ1n) is 5.84. The molecule has 0 aliphatic rings. The van der Waals surface area contributed by atoms with Gasteiger partial charge in [-0.25, -0.2) is 0 Å². The van der Waals surface area contributed by atoms with Gasteiger partial charge in [0.1, 0.15) is 0 Å². The largest absolute Gasteiger partial charge is 0.149 e. The lowest BCUT2D eigenvalue weighted by atomic mass is 9.99. The second kappa shape index (κ2) is 6.84. The van der Waals surface area contributed by atoms with Crippen molar-refractivity contribution >= 4 is 11.3 Å². The Labute approximate surface area is 98.0 Å². The minimum atomic E-state index is 0.850. The van der Waals surface area contributed by atoms with E-state index < -0.39 is 0 Å². The summed E-state index contributed by atoms with van der Waals surface area (Å²) in [6, 6.07) is 4.39. The van der Waals surface area contributed by atoms with Gasteiger partial charge in [0, 0.05) is 4.88 Å². The quantitative estimate of drug-likeness (QED) is 0.590. The summed E-state index contributed by atoms with van der Waals surface area (Å²) < 4.78 is 0. The van der Waals surface area contributed by atoms with Crippen LogP contribution in [0.3, 0.4) is 0 Å². The van der Waals surface area contributed by atoms with Crippen LogP contribution in [0.5, 0.6) is 0 Å². The Hall–Kier alpha value is -0.560. The van der Waals surface area contributed by atoms with E-state index in [1.54, 1.807) is 0 Å². The van der Waals surface area contributed by atoms with E-state index >= 15 is 0 Å². The van der Waals surface area contributed by atoms with Crippen molar-refractivity contribution in [2.24, 2.45) is 5.92 Å². The van der Waals surface area contributed by atoms with Crippen LogP contribution in [0.4, 0.5) is 0 Å². The summed E-state index contributed by atoms with van der Waals surface area (Å²) in [4.78, 5) is 1.53. The van der Waals surface area contributed by atoms with Crippen molar-refractivity contribution in [3.63, 3.8) is 0 Å². The Morgan fingerprint density at radius 2 is 2.20 bits per heavy atom. The maximum absolute atomic E-state index is 2.37. The van der Waals surface area contributed by atoms with Crippen LogP contribution < -0.4 is 0 Å². The van der Waals surface area contributed by atoms with Crippen LogP contribution in [0.25, 0.3) is 0 Å². The lowest BCUT2D eigenvalue weighted by Gasteiger charge is -2.08. The van der Waals surface area contributed by atoms with Crippen LogP contribution in [0.1, 0.15) is 44.9 Å². The molecule has 0 N–H and O–H groups in total. The zero-order valence-electron chi connectivity index (χ0n) is 10.1. The summed E-state index contributed by atoms with van der Waals surface area (Å²) in [7, 11) is 0. The van der Waals surface area contributed by atoms with E-state index in [1.807, 2.05) is 11.3 Å². The third-order valence-electron chi connectivity index (χ3n) is 2.68. The number of aryl methyl sites for hydroxylation is 1. The van der Waals surface area contributed by atoms with Gasteiger partial charge < -0.3 is 0 Å². The van der Waals surface area contributed by atoms with Crippen LogP contribution in [0.15, 0.2) is 29.2 Å². The van der Waals surface area contributed by atoms with Crippen molar-refractivity contribution in [1.82, 2.24) is 0 Å². The molecule has 1 heteroatoms. The van der Waals surface area contributed by atoms with Crippen molar-refractivity contribution < 1.29 is 0 Å². The molecule has 1 atom stereocenters. The van der Waals surface area contributed by atoms with Crippen LogP contribution in [0.2, 0.25) is 0 Å². The second-order valence-corrected chi connectivity index (χ2v) is 5.61. The molecule has 1 aromatic rings. The number of rotatable bonds is 6. The molecular weight excluding hydrogens is 200 g/mol. The molecule has 1 heterocycles. The Bertz CT molecular complexity index is 278. The van der Waals surface area contributed by atoms with Crippen LogP contribution in [0, 0.1) is 5.92 Å². The van der Waals surface area contributed by atoms with E-state index in [-0.39, 0.29) is 0 Å². The van der Waals surface area contributed by atoms with Crippen molar-refractivity contribution in [3.8, 4) is 0 Å². The average Bonchev–Trinajstić information content (AvgIpc) is 2.66. The highest BCUT2D eigenvalue weighted by Gasteiger charge is 2.02. The highest BCUT2D eigenvalue weighted by atomic mass is 32.1. The summed E-state index contributed by atoms with van der Waals surface area (Å²) in [5.74, 6) is 0.850. The molecule has 0 nitrogen and oxygen atoms in total. The predicted octanol–water partition coefficient (Wildman–Crippen LogP) is 5.06. The number of hydrogen-bond acceptors (Lipinski definition) is 1. The normalized spacial score (nSPS) is 12.5. The number of hydrogen-bond donors (Lipinski definition) is 0. The van der Waals surface area contributed by atoms with Crippen molar-refractivity contribution in [3.05, 3.63) is 34.0 Å². The monoisotopic (exact) mass is 222 g/mol. The van der Waals surface area contributed by atoms with Gasteiger partial charge in [-0.2, -0.15) is 0 Å². The average molecular weight is 222 g/mol. The molecule has 0 aliphatic carbocycles. The molecule has 0 radical (unpaired) electrons.